The molecule has 1 rings (SSSR count). The molecule has 1 fully saturated rings. The molecule has 0 aliphatic carbocycles. The standard InChI is InChI=1S/C10H19NO/c1-3-10-6-4-5-7-11(10)8-9(2)12/h10H,3-8H2,1-2H3. The Kier molecular flexibility index (Phi) is 3.73. The van der Waals surface area contributed by atoms with Crippen LogP contribution >= 0.6 is 0 Å². The van der Waals surface area contributed by atoms with Gasteiger partial charge in [0.2, 0.25) is 0 Å². The molecule has 0 aromatic carbocycles. The SMILES string of the molecule is CCC1CCCCN1CC(C)=O. The van der Waals surface area contributed by atoms with Gasteiger partial charge in [-0.25, -0.2) is 0 Å². The van der Waals surface area contributed by atoms with E-state index in [1.807, 2.05) is 0 Å². The number of ketones is 1. The van der Waals surface area contributed by atoms with Crippen molar-refractivity contribution in [2.45, 2.75) is 45.6 Å². The van der Waals surface area contributed by atoms with Crippen LogP contribution in [0.15, 0.2) is 0 Å². The van der Waals surface area contributed by atoms with Gasteiger partial charge in [0, 0.05) is 6.04 Å². The maximum atomic E-state index is 10.9. The highest BCUT2D eigenvalue weighted by atomic mass is 16.1. The van der Waals surface area contributed by atoms with Gasteiger partial charge >= 0.3 is 0 Å². The fourth-order valence-corrected chi connectivity index (χ4v) is 2.02. The van der Waals surface area contributed by atoms with Gasteiger partial charge in [0.1, 0.15) is 5.78 Å². The molecule has 0 spiro atoms. The lowest BCUT2D eigenvalue weighted by Gasteiger charge is -2.34. The molecule has 1 saturated heterocycles. The summed E-state index contributed by atoms with van der Waals surface area (Å²) in [5.41, 5.74) is 0. The number of hydrogen-bond acceptors (Lipinski definition) is 2. The third-order valence-corrected chi connectivity index (χ3v) is 2.65. The third kappa shape index (κ3) is 2.59. The highest BCUT2D eigenvalue weighted by Crippen LogP contribution is 2.18. The number of rotatable bonds is 3. The van der Waals surface area contributed by atoms with Crippen molar-refractivity contribution in [3.05, 3.63) is 0 Å². The van der Waals surface area contributed by atoms with E-state index in [1.165, 1.54) is 25.7 Å². The molecule has 2 heteroatoms. The molecule has 0 saturated carbocycles. The van der Waals surface area contributed by atoms with Crippen LogP contribution in [0.4, 0.5) is 0 Å². The fourth-order valence-electron chi connectivity index (χ4n) is 2.02. The predicted octanol–water partition coefficient (Wildman–Crippen LogP) is 1.84. The van der Waals surface area contributed by atoms with E-state index in [0.29, 0.717) is 18.4 Å². The largest absolute Gasteiger partial charge is 0.299 e. The van der Waals surface area contributed by atoms with E-state index in [1.54, 1.807) is 6.92 Å². The van der Waals surface area contributed by atoms with E-state index in [0.717, 1.165) is 6.54 Å². The van der Waals surface area contributed by atoms with Crippen molar-refractivity contribution in [3.8, 4) is 0 Å². The zero-order valence-electron chi connectivity index (χ0n) is 8.18. The molecule has 0 radical (unpaired) electrons. The highest BCUT2D eigenvalue weighted by Gasteiger charge is 2.20. The average Bonchev–Trinajstić information content (AvgIpc) is 2.04. The first-order valence-corrected chi connectivity index (χ1v) is 4.97. The summed E-state index contributed by atoms with van der Waals surface area (Å²) in [5, 5.41) is 0. The summed E-state index contributed by atoms with van der Waals surface area (Å²) < 4.78 is 0. The Balaban J connectivity index is 2.41. The van der Waals surface area contributed by atoms with Crippen LogP contribution in [-0.2, 0) is 4.79 Å². The summed E-state index contributed by atoms with van der Waals surface area (Å²) >= 11 is 0. The van der Waals surface area contributed by atoms with Gasteiger partial charge in [0.15, 0.2) is 0 Å². The molecular weight excluding hydrogens is 150 g/mol. The number of nitrogens with zero attached hydrogens (tertiary/aromatic N) is 1. The van der Waals surface area contributed by atoms with E-state index in [4.69, 9.17) is 0 Å². The van der Waals surface area contributed by atoms with Crippen LogP contribution in [0.3, 0.4) is 0 Å². The van der Waals surface area contributed by atoms with Gasteiger partial charge in [-0.1, -0.05) is 13.3 Å². The van der Waals surface area contributed by atoms with E-state index in [2.05, 4.69) is 11.8 Å². The van der Waals surface area contributed by atoms with E-state index in [-0.39, 0.29) is 0 Å². The van der Waals surface area contributed by atoms with Crippen LogP contribution in [0, 0.1) is 0 Å². The molecule has 0 aromatic rings. The van der Waals surface area contributed by atoms with Gasteiger partial charge in [-0.2, -0.15) is 0 Å². The van der Waals surface area contributed by atoms with Crippen LogP contribution in [0.2, 0.25) is 0 Å². The maximum absolute atomic E-state index is 10.9. The molecule has 12 heavy (non-hydrogen) atoms. The normalized spacial score (nSPS) is 25.7. The summed E-state index contributed by atoms with van der Waals surface area (Å²) in [5.74, 6) is 0.301. The van der Waals surface area contributed by atoms with Crippen molar-refractivity contribution in [2.75, 3.05) is 13.1 Å². The molecule has 1 heterocycles. The molecule has 1 aliphatic rings. The summed E-state index contributed by atoms with van der Waals surface area (Å²) in [6.45, 7) is 5.68. The predicted molar refractivity (Wildman–Crippen MR) is 50.2 cm³/mol. The molecule has 0 bridgehead atoms. The summed E-state index contributed by atoms with van der Waals surface area (Å²) in [7, 11) is 0. The van der Waals surface area contributed by atoms with Gasteiger partial charge < -0.3 is 0 Å². The zero-order chi connectivity index (χ0) is 8.97. The molecule has 2 nitrogen and oxygen atoms in total. The first-order valence-electron chi connectivity index (χ1n) is 4.97. The summed E-state index contributed by atoms with van der Waals surface area (Å²) in [6.07, 6.45) is 5.08. The first kappa shape index (κ1) is 9.72. The Hall–Kier alpha value is -0.370. The topological polar surface area (TPSA) is 20.3 Å². The number of piperidine rings is 1. The van der Waals surface area contributed by atoms with Crippen molar-refractivity contribution in [1.29, 1.82) is 0 Å². The smallest absolute Gasteiger partial charge is 0.143 e. The fraction of sp³-hybridized carbons (Fsp3) is 0.900. The molecule has 1 unspecified atom stereocenters. The Morgan fingerprint density at radius 2 is 2.25 bits per heavy atom. The number of Topliss-reactive ketones (excluding diaryl/α,β-unsaturated/α-hetero) is 1. The quantitative estimate of drug-likeness (QED) is 0.642. The minimum absolute atomic E-state index is 0.301. The summed E-state index contributed by atoms with van der Waals surface area (Å²) in [4.78, 5) is 13.3. The van der Waals surface area contributed by atoms with Gasteiger partial charge in [-0.15, -0.1) is 0 Å². The van der Waals surface area contributed by atoms with Gasteiger partial charge in [0.05, 0.1) is 6.54 Å². The average molecular weight is 169 g/mol. The Morgan fingerprint density at radius 3 is 2.83 bits per heavy atom. The molecule has 0 aromatic heterocycles. The van der Waals surface area contributed by atoms with E-state index >= 15 is 0 Å². The van der Waals surface area contributed by atoms with E-state index < -0.39 is 0 Å². The molecule has 1 aliphatic heterocycles. The van der Waals surface area contributed by atoms with Crippen molar-refractivity contribution in [3.63, 3.8) is 0 Å². The lowest BCUT2D eigenvalue weighted by molar-refractivity contribution is -0.119. The molecule has 70 valence electrons. The van der Waals surface area contributed by atoms with Crippen molar-refractivity contribution < 1.29 is 4.79 Å². The van der Waals surface area contributed by atoms with Crippen molar-refractivity contribution in [1.82, 2.24) is 4.90 Å². The van der Waals surface area contributed by atoms with Crippen LogP contribution in [0.25, 0.3) is 0 Å². The van der Waals surface area contributed by atoms with Gasteiger partial charge in [0.25, 0.3) is 0 Å². The Labute approximate surface area is 74.9 Å². The van der Waals surface area contributed by atoms with Gasteiger partial charge in [-0.3, -0.25) is 9.69 Å². The summed E-state index contributed by atoms with van der Waals surface area (Å²) in [6, 6.07) is 0.669. The van der Waals surface area contributed by atoms with Crippen LogP contribution in [0.1, 0.15) is 39.5 Å². The molecular formula is C10H19NO. The van der Waals surface area contributed by atoms with Crippen LogP contribution < -0.4 is 0 Å². The monoisotopic (exact) mass is 169 g/mol. The first-order chi connectivity index (χ1) is 5.74. The lowest BCUT2D eigenvalue weighted by atomic mass is 10.00. The lowest BCUT2D eigenvalue weighted by Crippen LogP contribution is -2.41. The number of likely N-dealkylation sites (tertiary alicyclic amines) is 1. The second-order valence-electron chi connectivity index (χ2n) is 3.73. The Morgan fingerprint density at radius 1 is 1.50 bits per heavy atom. The van der Waals surface area contributed by atoms with Crippen molar-refractivity contribution in [2.24, 2.45) is 0 Å². The molecule has 0 amide bonds. The highest BCUT2D eigenvalue weighted by molar-refractivity contribution is 5.77. The third-order valence-electron chi connectivity index (χ3n) is 2.65. The van der Waals surface area contributed by atoms with Crippen molar-refractivity contribution >= 4 is 5.78 Å². The Bertz CT molecular complexity index is 156. The number of carbonyl (C=O) groups excluding carboxylic acids is 1. The van der Waals surface area contributed by atoms with E-state index in [9.17, 15) is 4.79 Å². The number of hydrogen-bond donors (Lipinski definition) is 0. The minimum atomic E-state index is 0.301. The minimum Gasteiger partial charge on any atom is -0.299 e. The van der Waals surface area contributed by atoms with Gasteiger partial charge in [-0.05, 0) is 32.7 Å². The number of carbonyl (C=O) groups is 1. The second-order valence-corrected chi connectivity index (χ2v) is 3.73. The maximum Gasteiger partial charge on any atom is 0.143 e. The van der Waals surface area contributed by atoms with Crippen LogP contribution in [0.5, 0.6) is 0 Å². The molecule has 1 atom stereocenters. The zero-order valence-corrected chi connectivity index (χ0v) is 8.18. The second kappa shape index (κ2) is 4.61. The molecule has 0 N–H and O–H groups in total. The van der Waals surface area contributed by atoms with Crippen LogP contribution in [-0.4, -0.2) is 29.8 Å².